The third kappa shape index (κ3) is 2.54. The molecule has 0 fully saturated rings. The van der Waals surface area contributed by atoms with Crippen LogP contribution in [0.3, 0.4) is 0 Å². The lowest BCUT2D eigenvalue weighted by molar-refractivity contribution is 0.867. The smallest absolute Gasteiger partial charge is 0.160 e. The maximum absolute atomic E-state index is 4.40. The molecule has 5 nitrogen and oxygen atoms in total. The van der Waals surface area contributed by atoms with Gasteiger partial charge in [-0.25, -0.2) is 4.98 Å². The molecule has 19 heavy (non-hydrogen) atoms. The number of hydrogen-bond donors (Lipinski definition) is 1. The first-order chi connectivity index (χ1) is 9.33. The predicted octanol–water partition coefficient (Wildman–Crippen LogP) is 2.09. The summed E-state index contributed by atoms with van der Waals surface area (Å²) in [5, 5.41) is 11.6. The van der Waals surface area contributed by atoms with Crippen molar-refractivity contribution in [1.82, 2.24) is 19.6 Å². The average molecular weight is 253 g/mol. The van der Waals surface area contributed by atoms with E-state index in [1.54, 1.807) is 0 Å². The third-order valence-electron chi connectivity index (χ3n) is 2.93. The van der Waals surface area contributed by atoms with Crippen molar-refractivity contribution < 1.29 is 0 Å². The van der Waals surface area contributed by atoms with E-state index in [9.17, 15) is 0 Å². The Morgan fingerprint density at radius 1 is 1.11 bits per heavy atom. The Hall–Kier alpha value is -2.43. The summed E-state index contributed by atoms with van der Waals surface area (Å²) in [4.78, 5) is 4.40. The first-order valence-electron chi connectivity index (χ1n) is 6.29. The number of aromatic nitrogens is 4. The first kappa shape index (κ1) is 11.6. The van der Waals surface area contributed by atoms with Gasteiger partial charge >= 0.3 is 0 Å². The maximum Gasteiger partial charge on any atom is 0.160 e. The van der Waals surface area contributed by atoms with Gasteiger partial charge in [0.15, 0.2) is 5.65 Å². The van der Waals surface area contributed by atoms with Crippen LogP contribution in [0.25, 0.3) is 5.65 Å². The van der Waals surface area contributed by atoms with E-state index < -0.39 is 0 Å². The lowest BCUT2D eigenvalue weighted by Gasteiger charge is -2.05. The number of aryl methyl sites for hydroxylation is 1. The highest BCUT2D eigenvalue weighted by Crippen LogP contribution is 2.06. The number of nitrogens with zero attached hydrogens (tertiary/aromatic N) is 4. The Balaban J connectivity index is 1.66. The van der Waals surface area contributed by atoms with E-state index in [4.69, 9.17) is 0 Å². The highest BCUT2D eigenvalue weighted by Gasteiger charge is 2.03. The minimum absolute atomic E-state index is 0.784. The van der Waals surface area contributed by atoms with Crippen LogP contribution in [0.4, 0.5) is 5.82 Å². The second-order valence-corrected chi connectivity index (χ2v) is 4.39. The molecule has 0 spiro atoms. The summed E-state index contributed by atoms with van der Waals surface area (Å²) in [7, 11) is 0. The fourth-order valence-corrected chi connectivity index (χ4v) is 2.01. The van der Waals surface area contributed by atoms with E-state index in [1.807, 2.05) is 53.9 Å². The molecular formula is C14H15N5. The van der Waals surface area contributed by atoms with E-state index in [1.165, 1.54) is 0 Å². The first-order valence-corrected chi connectivity index (χ1v) is 6.29. The van der Waals surface area contributed by atoms with Crippen LogP contribution >= 0.6 is 0 Å². The van der Waals surface area contributed by atoms with Gasteiger partial charge in [0.25, 0.3) is 0 Å². The lowest BCUT2D eigenvalue weighted by atomic mass is 10.3. The van der Waals surface area contributed by atoms with Crippen molar-refractivity contribution in [3.63, 3.8) is 0 Å². The van der Waals surface area contributed by atoms with Crippen LogP contribution < -0.4 is 5.32 Å². The van der Waals surface area contributed by atoms with Crippen LogP contribution in [0.5, 0.6) is 0 Å². The Bertz CT molecular complexity index is 689. The topological polar surface area (TPSA) is 55.1 Å². The molecule has 3 aromatic rings. The van der Waals surface area contributed by atoms with Crippen molar-refractivity contribution in [2.75, 3.05) is 11.9 Å². The van der Waals surface area contributed by atoms with Crippen LogP contribution in [0.2, 0.25) is 0 Å². The van der Waals surface area contributed by atoms with Gasteiger partial charge in [-0.3, -0.25) is 4.40 Å². The molecule has 0 bridgehead atoms. The molecule has 96 valence electrons. The zero-order chi connectivity index (χ0) is 13.1. The number of anilines is 1. The second kappa shape index (κ2) is 5.06. The predicted molar refractivity (Wildman–Crippen MR) is 74.2 cm³/mol. The van der Waals surface area contributed by atoms with Gasteiger partial charge in [0, 0.05) is 24.9 Å². The molecule has 3 heterocycles. The second-order valence-electron chi connectivity index (χ2n) is 4.39. The van der Waals surface area contributed by atoms with Crippen LogP contribution in [0.1, 0.15) is 11.5 Å². The molecular weight excluding hydrogens is 238 g/mol. The van der Waals surface area contributed by atoms with Crippen LogP contribution in [-0.2, 0) is 6.42 Å². The van der Waals surface area contributed by atoms with Crippen molar-refractivity contribution in [2.24, 2.45) is 0 Å². The summed E-state index contributed by atoms with van der Waals surface area (Å²) < 4.78 is 2.01. The molecule has 0 radical (unpaired) electrons. The highest BCUT2D eigenvalue weighted by molar-refractivity contribution is 5.38. The van der Waals surface area contributed by atoms with Gasteiger partial charge in [-0.1, -0.05) is 12.1 Å². The molecule has 0 unspecified atom stereocenters. The normalized spacial score (nSPS) is 10.8. The monoisotopic (exact) mass is 253 g/mol. The average Bonchev–Trinajstić information content (AvgIpc) is 2.83. The van der Waals surface area contributed by atoms with Gasteiger partial charge in [-0.2, -0.15) is 0 Å². The van der Waals surface area contributed by atoms with Gasteiger partial charge in [0.2, 0.25) is 0 Å². The number of fused-ring (bicyclic) bond motifs is 1. The summed E-state index contributed by atoms with van der Waals surface area (Å²) in [5.74, 6) is 1.85. The Kier molecular flexibility index (Phi) is 3.10. The largest absolute Gasteiger partial charge is 0.370 e. The van der Waals surface area contributed by atoms with Crippen molar-refractivity contribution in [3.8, 4) is 0 Å². The Morgan fingerprint density at radius 2 is 2.05 bits per heavy atom. The molecule has 0 aliphatic carbocycles. The van der Waals surface area contributed by atoms with E-state index in [2.05, 4.69) is 20.5 Å². The van der Waals surface area contributed by atoms with Crippen LogP contribution in [-0.4, -0.2) is 26.1 Å². The molecule has 0 amide bonds. The number of pyridine rings is 2. The standard InChI is InChI=1S/C14H15N5/c1-11-5-4-6-12(16-11)15-9-8-14-18-17-13-7-2-3-10-19(13)14/h2-7,10H,8-9H2,1H3,(H,15,16). The van der Waals surface area contributed by atoms with Gasteiger partial charge < -0.3 is 5.32 Å². The summed E-state index contributed by atoms with van der Waals surface area (Å²) in [6.45, 7) is 2.77. The molecule has 0 aromatic carbocycles. The zero-order valence-corrected chi connectivity index (χ0v) is 10.7. The van der Waals surface area contributed by atoms with Crippen molar-refractivity contribution in [3.05, 3.63) is 54.1 Å². The number of rotatable bonds is 4. The fourth-order valence-electron chi connectivity index (χ4n) is 2.01. The number of nitrogens with one attached hydrogen (secondary N) is 1. The van der Waals surface area contributed by atoms with Crippen LogP contribution in [0.15, 0.2) is 42.6 Å². The Morgan fingerprint density at radius 3 is 2.95 bits per heavy atom. The molecule has 0 aliphatic rings. The third-order valence-corrected chi connectivity index (χ3v) is 2.93. The molecule has 0 atom stereocenters. The quantitative estimate of drug-likeness (QED) is 0.773. The minimum atomic E-state index is 0.784. The van der Waals surface area contributed by atoms with Gasteiger partial charge in [0.05, 0.1) is 0 Å². The maximum atomic E-state index is 4.40. The number of hydrogen-bond acceptors (Lipinski definition) is 4. The minimum Gasteiger partial charge on any atom is -0.370 e. The highest BCUT2D eigenvalue weighted by atomic mass is 15.2. The van der Waals surface area contributed by atoms with Crippen LogP contribution in [0, 0.1) is 6.92 Å². The van der Waals surface area contributed by atoms with E-state index in [0.29, 0.717) is 0 Å². The lowest BCUT2D eigenvalue weighted by Crippen LogP contribution is -2.08. The van der Waals surface area contributed by atoms with Crippen molar-refractivity contribution >= 4 is 11.5 Å². The van der Waals surface area contributed by atoms with Gasteiger partial charge in [-0.05, 0) is 31.2 Å². The molecule has 0 saturated heterocycles. The summed E-state index contributed by atoms with van der Waals surface area (Å²) in [6.07, 6.45) is 2.79. The molecule has 1 N–H and O–H groups in total. The SMILES string of the molecule is Cc1cccc(NCCc2nnc3ccccn23)n1. The van der Waals surface area contributed by atoms with Crippen molar-refractivity contribution in [2.45, 2.75) is 13.3 Å². The Labute approximate surface area is 111 Å². The van der Waals surface area contributed by atoms with E-state index >= 15 is 0 Å². The molecule has 5 heteroatoms. The molecule has 3 rings (SSSR count). The van der Waals surface area contributed by atoms with Crippen molar-refractivity contribution in [1.29, 1.82) is 0 Å². The summed E-state index contributed by atoms with van der Waals surface area (Å²) in [6, 6.07) is 11.8. The molecule has 0 aliphatic heterocycles. The molecule has 3 aromatic heterocycles. The van der Waals surface area contributed by atoms with Gasteiger partial charge in [-0.15, -0.1) is 10.2 Å². The van der Waals surface area contributed by atoms with E-state index in [-0.39, 0.29) is 0 Å². The summed E-state index contributed by atoms with van der Waals surface area (Å²) >= 11 is 0. The molecule has 0 saturated carbocycles. The van der Waals surface area contributed by atoms with Gasteiger partial charge in [0.1, 0.15) is 11.6 Å². The van der Waals surface area contributed by atoms with E-state index in [0.717, 1.165) is 35.9 Å². The fraction of sp³-hybridized carbons (Fsp3) is 0.214. The summed E-state index contributed by atoms with van der Waals surface area (Å²) in [5.41, 5.74) is 1.89. The zero-order valence-electron chi connectivity index (χ0n) is 10.7.